The molecule has 1 aromatic rings. The number of terminal acetylenes is 1. The maximum Gasteiger partial charge on any atom is 1.00 e. The second kappa shape index (κ2) is 3.68. The van der Waals surface area contributed by atoms with Crippen molar-refractivity contribution in [2.75, 3.05) is 0 Å². The van der Waals surface area contributed by atoms with Gasteiger partial charge in [-0.15, -0.1) is 24.0 Å². The van der Waals surface area contributed by atoms with Crippen molar-refractivity contribution < 1.29 is 18.9 Å². The number of hydrogen-bond acceptors (Lipinski definition) is 0. The van der Waals surface area contributed by atoms with E-state index in [2.05, 4.69) is 24.1 Å². The Kier molecular flexibility index (Phi) is 2.82. The second-order valence-corrected chi connectivity index (χ2v) is 2.54. The van der Waals surface area contributed by atoms with E-state index in [9.17, 15) is 0 Å². The second-order valence-electron chi connectivity index (χ2n) is 2.54. The van der Waals surface area contributed by atoms with E-state index in [4.69, 9.17) is 6.42 Å². The number of allylic oxidation sites excluding steroid dienone is 1. The Morgan fingerprint density at radius 2 is 2.08 bits per heavy atom. The first-order valence-electron chi connectivity index (χ1n) is 3.56. The maximum atomic E-state index is 5.32. The van der Waals surface area contributed by atoms with Crippen molar-refractivity contribution in [3.05, 3.63) is 41.5 Å². The molecule has 0 aromatic heterocycles. The molecule has 0 bridgehead atoms. The summed E-state index contributed by atoms with van der Waals surface area (Å²) in [5, 5.41) is 0. The van der Waals surface area contributed by atoms with Crippen molar-refractivity contribution in [1.82, 2.24) is 0 Å². The Morgan fingerprint density at radius 3 is 2.83 bits per heavy atom. The van der Waals surface area contributed by atoms with Crippen molar-refractivity contribution in [2.45, 2.75) is 5.92 Å². The molecule has 52 valence electrons. The van der Waals surface area contributed by atoms with Crippen LogP contribution >= 0.6 is 0 Å². The molecule has 1 aliphatic rings. The molecule has 0 aliphatic heterocycles. The molecule has 1 atom stereocenters. The van der Waals surface area contributed by atoms with Crippen LogP contribution in [0, 0.1) is 18.4 Å². The molecule has 0 N–H and O–H groups in total. The Labute approximate surface area is 84.9 Å². The number of rotatable bonds is 0. The molecule has 1 unspecified atom stereocenters. The van der Waals surface area contributed by atoms with Gasteiger partial charge >= 0.3 is 18.9 Å². The van der Waals surface area contributed by atoms with E-state index in [1.165, 1.54) is 11.1 Å². The molecule has 1 aromatic carbocycles. The maximum absolute atomic E-state index is 5.32. The molecular formula is C11H7Li. The van der Waals surface area contributed by atoms with Gasteiger partial charge in [-0.1, -0.05) is 18.2 Å². The van der Waals surface area contributed by atoms with Crippen LogP contribution in [-0.2, 0) is 0 Å². The number of fused-ring (bicyclic) bond motifs is 1. The van der Waals surface area contributed by atoms with E-state index in [0.29, 0.717) is 0 Å². The molecule has 0 radical (unpaired) electrons. The van der Waals surface area contributed by atoms with Crippen LogP contribution in [0.25, 0.3) is 6.08 Å². The van der Waals surface area contributed by atoms with Gasteiger partial charge in [0.05, 0.1) is 0 Å². The standard InChI is InChI=1S/C11H7.Li/c1-2-9-7-8-10-5-3-4-6-11(9)10;/h1,3-6,8-9H;/q-1;+1. The monoisotopic (exact) mass is 146 g/mol. The van der Waals surface area contributed by atoms with E-state index in [1.54, 1.807) is 0 Å². The summed E-state index contributed by atoms with van der Waals surface area (Å²) in [6.45, 7) is 0. The van der Waals surface area contributed by atoms with Crippen LogP contribution in [0.15, 0.2) is 24.3 Å². The summed E-state index contributed by atoms with van der Waals surface area (Å²) in [6.07, 6.45) is 10.4. The average molecular weight is 146 g/mol. The van der Waals surface area contributed by atoms with Crippen molar-refractivity contribution in [1.29, 1.82) is 0 Å². The summed E-state index contributed by atoms with van der Waals surface area (Å²) in [5.74, 6) is 2.75. The van der Waals surface area contributed by atoms with Gasteiger partial charge in [-0.05, 0) is 5.92 Å². The first-order valence-corrected chi connectivity index (χ1v) is 3.56. The molecule has 1 aliphatic carbocycles. The van der Waals surface area contributed by atoms with Crippen molar-refractivity contribution in [3.8, 4) is 12.3 Å². The minimum absolute atomic E-state index is 0. The number of benzene rings is 1. The topological polar surface area (TPSA) is 0 Å². The van der Waals surface area contributed by atoms with E-state index in [0.717, 1.165) is 0 Å². The van der Waals surface area contributed by atoms with Gasteiger partial charge < -0.3 is 0 Å². The summed E-state index contributed by atoms with van der Waals surface area (Å²) in [7, 11) is 0. The Hall–Kier alpha value is -0.883. The first kappa shape index (κ1) is 9.21. The Bertz CT molecular complexity index is 344. The van der Waals surface area contributed by atoms with Gasteiger partial charge in [0.2, 0.25) is 0 Å². The van der Waals surface area contributed by atoms with Gasteiger partial charge in [0.1, 0.15) is 0 Å². The van der Waals surface area contributed by atoms with Crippen LogP contribution in [0.1, 0.15) is 17.0 Å². The minimum Gasteiger partial charge on any atom is -0.256 e. The van der Waals surface area contributed by atoms with Crippen LogP contribution in [0.2, 0.25) is 0 Å². The van der Waals surface area contributed by atoms with Gasteiger partial charge in [0.15, 0.2) is 0 Å². The third-order valence-electron chi connectivity index (χ3n) is 1.88. The molecule has 0 saturated heterocycles. The molecule has 1 heteroatoms. The predicted molar refractivity (Wildman–Crippen MR) is 45.7 cm³/mol. The molecule has 0 saturated carbocycles. The Morgan fingerprint density at radius 1 is 1.33 bits per heavy atom. The quantitative estimate of drug-likeness (QED) is 0.256. The van der Waals surface area contributed by atoms with Crippen molar-refractivity contribution in [2.24, 2.45) is 0 Å². The normalized spacial score (nSPS) is 17.8. The Balaban J connectivity index is 0.000000720. The molecule has 0 heterocycles. The fourth-order valence-corrected chi connectivity index (χ4v) is 1.31. The summed E-state index contributed by atoms with van der Waals surface area (Å²) in [5.41, 5.74) is 2.41. The zero-order chi connectivity index (χ0) is 7.68. The van der Waals surface area contributed by atoms with E-state index in [-0.39, 0.29) is 24.8 Å². The molecule has 0 nitrogen and oxygen atoms in total. The molecular weight excluding hydrogens is 139 g/mol. The summed E-state index contributed by atoms with van der Waals surface area (Å²) in [4.78, 5) is 0. The minimum atomic E-state index is 0. The third kappa shape index (κ3) is 1.35. The SMILES string of the molecule is C#CC1[C-]=Cc2ccccc21.[Li+]. The van der Waals surface area contributed by atoms with E-state index in [1.807, 2.05) is 18.2 Å². The summed E-state index contributed by atoms with van der Waals surface area (Å²) >= 11 is 0. The van der Waals surface area contributed by atoms with Gasteiger partial charge in [0, 0.05) is 0 Å². The van der Waals surface area contributed by atoms with E-state index < -0.39 is 0 Å². The largest absolute Gasteiger partial charge is 1.00 e. The average Bonchev–Trinajstić information content (AvgIpc) is 2.47. The van der Waals surface area contributed by atoms with E-state index >= 15 is 0 Å². The zero-order valence-corrected chi connectivity index (χ0v) is 7.04. The predicted octanol–water partition coefficient (Wildman–Crippen LogP) is -0.763. The molecule has 0 amide bonds. The van der Waals surface area contributed by atoms with Crippen LogP contribution in [0.5, 0.6) is 0 Å². The van der Waals surface area contributed by atoms with Crippen molar-refractivity contribution in [3.63, 3.8) is 0 Å². The van der Waals surface area contributed by atoms with Crippen LogP contribution in [-0.4, -0.2) is 0 Å². The molecule has 12 heavy (non-hydrogen) atoms. The fraction of sp³-hybridized carbons (Fsp3) is 0.0909. The third-order valence-corrected chi connectivity index (χ3v) is 1.88. The first-order chi connectivity index (χ1) is 5.42. The number of hydrogen-bond donors (Lipinski definition) is 0. The molecule has 0 fully saturated rings. The van der Waals surface area contributed by atoms with Gasteiger partial charge in [-0.3, -0.25) is 6.08 Å². The van der Waals surface area contributed by atoms with Gasteiger partial charge in [-0.2, -0.15) is 5.56 Å². The summed E-state index contributed by atoms with van der Waals surface area (Å²) in [6, 6.07) is 8.12. The smallest absolute Gasteiger partial charge is 0.256 e. The van der Waals surface area contributed by atoms with Crippen LogP contribution in [0.3, 0.4) is 0 Å². The fourth-order valence-electron chi connectivity index (χ4n) is 1.31. The van der Waals surface area contributed by atoms with Crippen LogP contribution in [0.4, 0.5) is 0 Å². The van der Waals surface area contributed by atoms with Crippen molar-refractivity contribution >= 4 is 6.08 Å². The molecule has 0 spiro atoms. The summed E-state index contributed by atoms with van der Waals surface area (Å²) < 4.78 is 0. The molecule has 2 rings (SSSR count). The zero-order valence-electron chi connectivity index (χ0n) is 7.04. The van der Waals surface area contributed by atoms with Gasteiger partial charge in [0.25, 0.3) is 0 Å². The van der Waals surface area contributed by atoms with Gasteiger partial charge in [-0.25, -0.2) is 6.08 Å². The van der Waals surface area contributed by atoms with Crippen LogP contribution < -0.4 is 18.9 Å².